The van der Waals surface area contributed by atoms with E-state index in [0.29, 0.717) is 6.42 Å². The maximum atomic E-state index is 12.5. The van der Waals surface area contributed by atoms with Gasteiger partial charge in [-0.2, -0.15) is 0 Å². The summed E-state index contributed by atoms with van der Waals surface area (Å²) >= 11 is 1.83. The van der Waals surface area contributed by atoms with Crippen molar-refractivity contribution in [2.24, 2.45) is 0 Å². The Morgan fingerprint density at radius 2 is 1.89 bits per heavy atom. The summed E-state index contributed by atoms with van der Waals surface area (Å²) in [4.78, 5) is 19.1. The fourth-order valence-electron chi connectivity index (χ4n) is 3.54. The van der Waals surface area contributed by atoms with Gasteiger partial charge in [0.05, 0.1) is 0 Å². The lowest BCUT2D eigenvalue weighted by molar-refractivity contribution is -0.130. The van der Waals surface area contributed by atoms with E-state index in [9.17, 15) is 4.79 Å². The fourth-order valence-corrected chi connectivity index (χ4v) is 4.52. The zero-order chi connectivity index (χ0) is 18.5. The molecule has 0 unspecified atom stereocenters. The summed E-state index contributed by atoms with van der Waals surface area (Å²) in [5, 5.41) is 1.27. The Morgan fingerprint density at radius 3 is 2.70 bits per heavy atom. The summed E-state index contributed by atoms with van der Waals surface area (Å²) in [6.45, 7) is 1.56. The molecule has 0 fully saturated rings. The molecule has 138 valence electrons. The number of hydrogen-bond donors (Lipinski definition) is 1. The molecule has 1 N–H and O–H groups in total. The van der Waals surface area contributed by atoms with Crippen molar-refractivity contribution in [2.45, 2.75) is 24.2 Å². The minimum atomic E-state index is 0.276. The highest BCUT2D eigenvalue weighted by molar-refractivity contribution is 7.99. The minimum absolute atomic E-state index is 0.276. The molecule has 0 saturated heterocycles. The summed E-state index contributed by atoms with van der Waals surface area (Å²) in [6.07, 6.45) is 6.76. The molecule has 2 heterocycles. The fraction of sp³-hybridized carbons (Fsp3) is 0.261. The first-order valence-corrected chi connectivity index (χ1v) is 10.5. The molecule has 2 aromatic carbocycles. The van der Waals surface area contributed by atoms with Crippen molar-refractivity contribution in [1.82, 2.24) is 9.88 Å². The molecule has 1 amide bonds. The van der Waals surface area contributed by atoms with Gasteiger partial charge in [-0.25, -0.2) is 0 Å². The minimum Gasteiger partial charge on any atom is -0.360 e. The number of aromatic amines is 1. The maximum Gasteiger partial charge on any atom is 0.222 e. The Morgan fingerprint density at radius 1 is 1.07 bits per heavy atom. The number of fused-ring (bicyclic) bond motifs is 1. The average molecular weight is 377 g/mol. The highest BCUT2D eigenvalue weighted by Crippen LogP contribution is 2.28. The molecule has 0 radical (unpaired) electrons. The predicted molar refractivity (Wildman–Crippen MR) is 114 cm³/mol. The predicted octanol–water partition coefficient (Wildman–Crippen LogP) is 5.36. The molecule has 0 spiro atoms. The third kappa shape index (κ3) is 4.28. The second-order valence-corrected chi connectivity index (χ2v) is 7.97. The van der Waals surface area contributed by atoms with Gasteiger partial charge in [-0.05, 0) is 35.8 Å². The number of rotatable bonds is 6. The third-order valence-electron chi connectivity index (χ3n) is 5.05. The van der Waals surface area contributed by atoms with Crippen LogP contribution in [0.2, 0.25) is 0 Å². The number of hydrogen-bond acceptors (Lipinski definition) is 2. The van der Waals surface area contributed by atoms with Crippen molar-refractivity contribution in [3.8, 4) is 0 Å². The molecule has 0 saturated carbocycles. The van der Waals surface area contributed by atoms with Crippen LogP contribution in [0, 0.1) is 0 Å². The Labute approximate surface area is 164 Å². The third-order valence-corrected chi connectivity index (χ3v) is 6.19. The summed E-state index contributed by atoms with van der Waals surface area (Å²) < 4.78 is 0. The quantitative estimate of drug-likeness (QED) is 0.465. The van der Waals surface area contributed by atoms with Gasteiger partial charge in [0.2, 0.25) is 5.91 Å². The molecule has 0 aliphatic carbocycles. The maximum absolute atomic E-state index is 12.5. The number of carbonyl (C=O) groups is 1. The zero-order valence-electron chi connectivity index (χ0n) is 15.4. The van der Waals surface area contributed by atoms with Crippen molar-refractivity contribution in [3.63, 3.8) is 0 Å². The summed E-state index contributed by atoms with van der Waals surface area (Å²) in [5.74, 6) is 1.24. The highest BCUT2D eigenvalue weighted by Gasteiger charge is 2.17. The normalized spacial score (nSPS) is 14.4. The van der Waals surface area contributed by atoms with E-state index in [1.165, 1.54) is 26.9 Å². The molecule has 0 atom stereocenters. The van der Waals surface area contributed by atoms with Crippen molar-refractivity contribution in [1.29, 1.82) is 0 Å². The van der Waals surface area contributed by atoms with Gasteiger partial charge < -0.3 is 9.88 Å². The van der Waals surface area contributed by atoms with E-state index >= 15 is 0 Å². The number of benzene rings is 2. The van der Waals surface area contributed by atoms with Crippen LogP contribution in [0.4, 0.5) is 0 Å². The molecule has 0 bridgehead atoms. The van der Waals surface area contributed by atoms with Gasteiger partial charge in [-0.1, -0.05) is 54.6 Å². The molecule has 4 rings (SSSR count). The van der Waals surface area contributed by atoms with E-state index in [0.717, 1.165) is 31.7 Å². The second kappa shape index (κ2) is 8.49. The number of carbonyl (C=O) groups excluding carboxylic acids is 1. The van der Waals surface area contributed by atoms with E-state index in [2.05, 4.69) is 59.7 Å². The average Bonchev–Trinajstić information content (AvgIpc) is 3.15. The van der Waals surface area contributed by atoms with Gasteiger partial charge in [-0.15, -0.1) is 11.8 Å². The van der Waals surface area contributed by atoms with Crippen LogP contribution in [0.15, 0.2) is 71.8 Å². The lowest BCUT2D eigenvalue weighted by atomic mass is 9.99. The van der Waals surface area contributed by atoms with Crippen LogP contribution < -0.4 is 0 Å². The number of H-pyrrole nitrogens is 1. The SMILES string of the molecule is O=C(CCCSc1c[nH]c2ccccc12)N1CC=C(c2ccccc2)CC1. The molecule has 1 aromatic heterocycles. The van der Waals surface area contributed by atoms with Gasteiger partial charge >= 0.3 is 0 Å². The molecule has 1 aliphatic heterocycles. The Kier molecular flexibility index (Phi) is 5.64. The summed E-state index contributed by atoms with van der Waals surface area (Å²) in [6, 6.07) is 18.8. The van der Waals surface area contributed by atoms with Crippen LogP contribution in [0.3, 0.4) is 0 Å². The van der Waals surface area contributed by atoms with E-state index < -0.39 is 0 Å². The highest BCUT2D eigenvalue weighted by atomic mass is 32.2. The second-order valence-electron chi connectivity index (χ2n) is 6.84. The summed E-state index contributed by atoms with van der Waals surface area (Å²) in [5.41, 5.74) is 3.81. The van der Waals surface area contributed by atoms with Gasteiger partial charge in [-0.3, -0.25) is 4.79 Å². The molecule has 1 aliphatic rings. The molecule has 4 heteroatoms. The van der Waals surface area contributed by atoms with E-state index in [4.69, 9.17) is 0 Å². The molecule has 3 aromatic rings. The van der Waals surface area contributed by atoms with Crippen molar-refractivity contribution in [2.75, 3.05) is 18.8 Å². The smallest absolute Gasteiger partial charge is 0.222 e. The number of nitrogens with one attached hydrogen (secondary N) is 1. The van der Waals surface area contributed by atoms with E-state index in [1.807, 2.05) is 28.8 Å². The first-order chi connectivity index (χ1) is 13.3. The standard InChI is InChI=1S/C23H24N2OS/c26-23(25-14-12-19(13-15-25)18-7-2-1-3-8-18)11-6-16-27-22-17-24-21-10-5-4-9-20(21)22/h1-5,7-10,12,17,24H,6,11,13-16H2. The van der Waals surface area contributed by atoms with E-state index in [-0.39, 0.29) is 5.91 Å². The van der Waals surface area contributed by atoms with Crippen molar-refractivity contribution < 1.29 is 4.79 Å². The van der Waals surface area contributed by atoms with Gasteiger partial charge in [0, 0.05) is 41.5 Å². The van der Waals surface area contributed by atoms with E-state index in [1.54, 1.807) is 0 Å². The lowest BCUT2D eigenvalue weighted by Crippen LogP contribution is -2.34. The number of nitrogens with zero attached hydrogens (tertiary/aromatic N) is 1. The first-order valence-electron chi connectivity index (χ1n) is 9.52. The monoisotopic (exact) mass is 376 g/mol. The molecular weight excluding hydrogens is 352 g/mol. The first kappa shape index (κ1) is 17.9. The Hall–Kier alpha value is -2.46. The van der Waals surface area contributed by atoms with Crippen LogP contribution in [-0.2, 0) is 4.79 Å². The molecule has 3 nitrogen and oxygen atoms in total. The number of amides is 1. The van der Waals surface area contributed by atoms with Gasteiger partial charge in [0.15, 0.2) is 0 Å². The van der Waals surface area contributed by atoms with Crippen LogP contribution in [0.1, 0.15) is 24.8 Å². The number of aromatic nitrogens is 1. The van der Waals surface area contributed by atoms with Crippen LogP contribution >= 0.6 is 11.8 Å². The van der Waals surface area contributed by atoms with Crippen LogP contribution in [0.5, 0.6) is 0 Å². The number of thioether (sulfide) groups is 1. The Balaban J connectivity index is 1.24. The van der Waals surface area contributed by atoms with Crippen LogP contribution in [-0.4, -0.2) is 34.6 Å². The largest absolute Gasteiger partial charge is 0.360 e. The molecular formula is C23H24N2OS. The van der Waals surface area contributed by atoms with Crippen molar-refractivity contribution >= 4 is 34.1 Å². The van der Waals surface area contributed by atoms with Gasteiger partial charge in [0.25, 0.3) is 0 Å². The van der Waals surface area contributed by atoms with Crippen LogP contribution in [0.25, 0.3) is 16.5 Å². The lowest BCUT2D eigenvalue weighted by Gasteiger charge is -2.26. The summed E-state index contributed by atoms with van der Waals surface area (Å²) in [7, 11) is 0. The number of para-hydroxylation sites is 1. The molecule has 27 heavy (non-hydrogen) atoms. The van der Waals surface area contributed by atoms with Gasteiger partial charge in [0.1, 0.15) is 0 Å². The Bertz CT molecular complexity index is 945. The van der Waals surface area contributed by atoms with Crippen molar-refractivity contribution in [3.05, 3.63) is 72.4 Å². The topological polar surface area (TPSA) is 36.1 Å². The zero-order valence-corrected chi connectivity index (χ0v) is 16.2.